The van der Waals surface area contributed by atoms with Crippen LogP contribution < -0.4 is 0 Å². The number of methoxy groups -OCH3 is 1. The Bertz CT molecular complexity index is 149. The zero-order chi connectivity index (χ0) is 10.9. The average Bonchev–Trinajstić information content (AvgIpc) is 2.23. The average molecular weight is 216 g/mol. The van der Waals surface area contributed by atoms with E-state index in [0.29, 0.717) is 6.42 Å². The zero-order valence-electron chi connectivity index (χ0n) is 10.0. The number of rotatable bonds is 1. The molecule has 90 valence electrons. The first kappa shape index (κ1) is 13.0. The molecule has 0 saturated heterocycles. The van der Waals surface area contributed by atoms with Crippen LogP contribution in [-0.4, -0.2) is 19.4 Å². The summed E-state index contributed by atoms with van der Waals surface area (Å²) >= 11 is 0. The third kappa shape index (κ3) is 5.50. The van der Waals surface area contributed by atoms with Crippen LogP contribution in [-0.2, 0) is 4.74 Å². The molecular formula is C13H25FO. The lowest BCUT2D eigenvalue weighted by Gasteiger charge is -2.20. The van der Waals surface area contributed by atoms with Crippen molar-refractivity contribution in [2.24, 2.45) is 0 Å². The van der Waals surface area contributed by atoms with E-state index in [4.69, 9.17) is 4.74 Å². The second kappa shape index (κ2) is 8.09. The summed E-state index contributed by atoms with van der Waals surface area (Å²) in [6.07, 6.45) is 10.6. The molecule has 0 spiro atoms. The molecule has 0 radical (unpaired) electrons. The van der Waals surface area contributed by atoms with Gasteiger partial charge in [-0.2, -0.15) is 0 Å². The summed E-state index contributed by atoms with van der Waals surface area (Å²) < 4.78 is 18.9. The van der Waals surface area contributed by atoms with Gasteiger partial charge in [-0.25, -0.2) is 4.39 Å². The molecule has 1 aliphatic rings. The van der Waals surface area contributed by atoms with Crippen molar-refractivity contribution in [1.29, 1.82) is 0 Å². The number of alkyl halides is 1. The van der Waals surface area contributed by atoms with Crippen molar-refractivity contribution in [1.82, 2.24) is 0 Å². The van der Waals surface area contributed by atoms with Gasteiger partial charge in [-0.15, -0.1) is 0 Å². The minimum atomic E-state index is -0.741. The first-order valence-electron chi connectivity index (χ1n) is 6.51. The van der Waals surface area contributed by atoms with E-state index in [1.807, 2.05) is 0 Å². The second-order valence-corrected chi connectivity index (χ2v) is 4.70. The number of hydrogen-bond acceptors (Lipinski definition) is 1. The molecule has 2 heteroatoms. The van der Waals surface area contributed by atoms with E-state index in [0.717, 1.165) is 19.3 Å². The van der Waals surface area contributed by atoms with E-state index in [9.17, 15) is 4.39 Å². The summed E-state index contributed by atoms with van der Waals surface area (Å²) in [6.45, 7) is 0. The van der Waals surface area contributed by atoms with Gasteiger partial charge in [-0.05, 0) is 12.8 Å². The van der Waals surface area contributed by atoms with Crippen LogP contribution in [0.4, 0.5) is 4.39 Å². The van der Waals surface area contributed by atoms with E-state index in [1.54, 1.807) is 7.11 Å². The van der Waals surface area contributed by atoms with Gasteiger partial charge in [0.2, 0.25) is 0 Å². The standard InChI is InChI=1S/C13H25FO/c1-15-13-11-9-7-5-3-2-4-6-8-10-12(13)14/h12-13H,2-11H2,1H3/t12-,13-/m1/s1. The minimum absolute atomic E-state index is 0.149. The van der Waals surface area contributed by atoms with Crippen LogP contribution in [0.5, 0.6) is 0 Å². The van der Waals surface area contributed by atoms with E-state index < -0.39 is 6.17 Å². The number of ether oxygens (including phenoxy) is 1. The normalized spacial score (nSPS) is 31.6. The highest BCUT2D eigenvalue weighted by molar-refractivity contribution is 4.70. The van der Waals surface area contributed by atoms with Crippen molar-refractivity contribution in [3.05, 3.63) is 0 Å². The van der Waals surface area contributed by atoms with Gasteiger partial charge in [0.15, 0.2) is 0 Å². The Morgan fingerprint density at radius 3 is 1.80 bits per heavy atom. The largest absolute Gasteiger partial charge is 0.378 e. The Labute approximate surface area is 93.4 Å². The molecule has 0 aromatic carbocycles. The molecule has 1 fully saturated rings. The van der Waals surface area contributed by atoms with E-state index >= 15 is 0 Å². The van der Waals surface area contributed by atoms with Gasteiger partial charge in [0.1, 0.15) is 6.17 Å². The molecule has 15 heavy (non-hydrogen) atoms. The van der Waals surface area contributed by atoms with Crippen molar-refractivity contribution >= 4 is 0 Å². The van der Waals surface area contributed by atoms with Gasteiger partial charge < -0.3 is 4.74 Å². The van der Waals surface area contributed by atoms with Crippen molar-refractivity contribution in [3.8, 4) is 0 Å². The predicted molar refractivity (Wildman–Crippen MR) is 61.9 cm³/mol. The molecule has 0 amide bonds. The number of hydrogen-bond donors (Lipinski definition) is 0. The lowest BCUT2D eigenvalue weighted by molar-refractivity contribution is 0.0201. The summed E-state index contributed by atoms with van der Waals surface area (Å²) in [5, 5.41) is 0. The van der Waals surface area contributed by atoms with Crippen LogP contribution in [0.15, 0.2) is 0 Å². The minimum Gasteiger partial charge on any atom is -0.378 e. The van der Waals surface area contributed by atoms with E-state index in [2.05, 4.69) is 0 Å². The van der Waals surface area contributed by atoms with Gasteiger partial charge >= 0.3 is 0 Å². The fourth-order valence-corrected chi connectivity index (χ4v) is 2.38. The predicted octanol–water partition coefficient (Wildman–Crippen LogP) is 4.25. The Kier molecular flexibility index (Phi) is 6.99. The van der Waals surface area contributed by atoms with E-state index in [1.165, 1.54) is 38.5 Å². The maximum Gasteiger partial charge on any atom is 0.126 e. The molecule has 1 aliphatic carbocycles. The van der Waals surface area contributed by atoms with Crippen LogP contribution in [0.2, 0.25) is 0 Å². The van der Waals surface area contributed by atoms with Crippen LogP contribution in [0, 0.1) is 0 Å². The lowest BCUT2D eigenvalue weighted by atomic mass is 9.98. The first-order chi connectivity index (χ1) is 7.34. The molecule has 0 unspecified atom stereocenters. The maximum absolute atomic E-state index is 13.7. The summed E-state index contributed by atoms with van der Waals surface area (Å²) in [5.74, 6) is 0. The highest BCUT2D eigenvalue weighted by Gasteiger charge is 2.19. The fraction of sp³-hybridized carbons (Fsp3) is 1.00. The molecule has 1 rings (SSSR count). The Balaban J connectivity index is 2.30. The molecule has 0 aliphatic heterocycles. The summed E-state index contributed by atoms with van der Waals surface area (Å²) in [5.41, 5.74) is 0. The second-order valence-electron chi connectivity index (χ2n) is 4.70. The Morgan fingerprint density at radius 2 is 1.27 bits per heavy atom. The van der Waals surface area contributed by atoms with Crippen molar-refractivity contribution in [2.45, 2.75) is 76.5 Å². The first-order valence-corrected chi connectivity index (χ1v) is 6.51. The zero-order valence-corrected chi connectivity index (χ0v) is 10.0. The van der Waals surface area contributed by atoms with Gasteiger partial charge in [-0.3, -0.25) is 0 Å². The molecular weight excluding hydrogens is 191 g/mol. The monoisotopic (exact) mass is 216 g/mol. The van der Waals surface area contributed by atoms with Gasteiger partial charge in [0.05, 0.1) is 6.10 Å². The third-order valence-corrected chi connectivity index (χ3v) is 3.42. The smallest absolute Gasteiger partial charge is 0.126 e. The maximum atomic E-state index is 13.7. The molecule has 1 nitrogen and oxygen atoms in total. The Hall–Kier alpha value is -0.110. The highest BCUT2D eigenvalue weighted by Crippen LogP contribution is 2.20. The SMILES string of the molecule is CO[C@@H]1CCCCCCCCCC[C@H]1F. The number of halogens is 1. The molecule has 0 bridgehead atoms. The summed E-state index contributed by atoms with van der Waals surface area (Å²) in [6, 6.07) is 0. The molecule has 2 atom stereocenters. The van der Waals surface area contributed by atoms with E-state index in [-0.39, 0.29) is 6.10 Å². The van der Waals surface area contributed by atoms with Crippen LogP contribution in [0.25, 0.3) is 0 Å². The third-order valence-electron chi connectivity index (χ3n) is 3.42. The lowest BCUT2D eigenvalue weighted by Crippen LogP contribution is -2.24. The summed E-state index contributed by atoms with van der Waals surface area (Å²) in [7, 11) is 1.64. The van der Waals surface area contributed by atoms with Gasteiger partial charge in [0.25, 0.3) is 0 Å². The van der Waals surface area contributed by atoms with Crippen molar-refractivity contribution < 1.29 is 9.13 Å². The fourth-order valence-electron chi connectivity index (χ4n) is 2.38. The summed E-state index contributed by atoms with van der Waals surface area (Å²) in [4.78, 5) is 0. The molecule has 0 aromatic heterocycles. The topological polar surface area (TPSA) is 9.23 Å². The van der Waals surface area contributed by atoms with Gasteiger partial charge in [-0.1, -0.05) is 51.4 Å². The van der Waals surface area contributed by atoms with Crippen molar-refractivity contribution in [3.63, 3.8) is 0 Å². The quantitative estimate of drug-likeness (QED) is 0.636. The van der Waals surface area contributed by atoms with Crippen LogP contribution in [0.3, 0.4) is 0 Å². The highest BCUT2D eigenvalue weighted by atomic mass is 19.1. The molecule has 0 aromatic rings. The molecule has 0 N–H and O–H groups in total. The van der Waals surface area contributed by atoms with Crippen molar-refractivity contribution in [2.75, 3.05) is 7.11 Å². The molecule has 1 saturated carbocycles. The van der Waals surface area contributed by atoms with Crippen LogP contribution in [0.1, 0.15) is 64.2 Å². The van der Waals surface area contributed by atoms with Gasteiger partial charge in [0, 0.05) is 7.11 Å². The van der Waals surface area contributed by atoms with Crippen LogP contribution >= 0.6 is 0 Å². The molecule has 0 heterocycles. The Morgan fingerprint density at radius 1 is 0.800 bits per heavy atom.